The molecule has 0 radical (unpaired) electrons. The fraction of sp³-hybridized carbons (Fsp3) is 0.927. The Morgan fingerprint density at radius 1 is 0.525 bits per heavy atom. The molecule has 0 amide bonds. The van der Waals surface area contributed by atoms with Gasteiger partial charge in [0, 0.05) is 0 Å². The summed E-state index contributed by atoms with van der Waals surface area (Å²) < 4.78 is 52.7. The number of aliphatic hydroxyl groups excluding tert-OH is 14. The molecule has 0 bridgehead atoms. The van der Waals surface area contributed by atoms with Crippen molar-refractivity contribution in [3.8, 4) is 0 Å². The average Bonchev–Trinajstić information content (AvgIpc) is 2.28. The summed E-state index contributed by atoms with van der Waals surface area (Å²) in [6.07, 6.45) is -27.1. The number of carbonyl (C=O) groups excluding carboxylic acids is 2. The lowest BCUT2D eigenvalue weighted by atomic mass is 9.33. The maximum absolute atomic E-state index is 14.9. The number of allylic oxidation sites excluding steroid dienone is 2. The highest BCUT2D eigenvalue weighted by atomic mass is 16.8. The summed E-state index contributed by atoms with van der Waals surface area (Å²) in [5.41, 5.74) is -2.71. The van der Waals surface area contributed by atoms with Gasteiger partial charge >= 0.3 is 11.9 Å². The van der Waals surface area contributed by atoms with Crippen LogP contribution in [0, 0.1) is 50.2 Å². The zero-order valence-electron chi connectivity index (χ0n) is 46.6. The molecular formula is C55H88O25. The number of aliphatic hydroxyl groups is 14. The smallest absolute Gasteiger partial charge is 0.315 e. The zero-order chi connectivity index (χ0) is 58.6. The van der Waals surface area contributed by atoms with Crippen molar-refractivity contribution >= 4 is 11.9 Å². The summed E-state index contributed by atoms with van der Waals surface area (Å²) in [7, 11) is 1.35. The van der Waals surface area contributed by atoms with Crippen LogP contribution in [0.15, 0.2) is 11.6 Å². The number of rotatable bonds is 13. The minimum atomic E-state index is -1.99. The van der Waals surface area contributed by atoms with Crippen molar-refractivity contribution in [2.45, 2.75) is 235 Å². The van der Waals surface area contributed by atoms with E-state index in [-0.39, 0.29) is 35.5 Å². The molecule has 0 unspecified atom stereocenters. The minimum absolute atomic E-state index is 0.0409. The van der Waals surface area contributed by atoms with Gasteiger partial charge in [0.15, 0.2) is 18.9 Å². The van der Waals surface area contributed by atoms with Crippen LogP contribution in [0.4, 0.5) is 0 Å². The number of fused-ring (bicyclic) bond motifs is 7. The molecule has 14 N–H and O–H groups in total. The molecule has 0 aromatic carbocycles. The molecule has 9 aliphatic rings. The van der Waals surface area contributed by atoms with Gasteiger partial charge in [0.1, 0.15) is 97.7 Å². The topological polar surface area (TPSA) is 400 Å². The van der Waals surface area contributed by atoms with Crippen LogP contribution in [-0.4, -0.2) is 246 Å². The molecule has 25 nitrogen and oxygen atoms in total. The molecule has 4 aliphatic heterocycles. The Morgan fingerprint density at radius 3 is 1.52 bits per heavy atom. The molecule has 4 heterocycles. The Balaban J connectivity index is 0.936. The molecule has 4 saturated carbocycles. The number of hydrogen-bond donors (Lipinski definition) is 14. The molecule has 80 heavy (non-hydrogen) atoms. The quantitative estimate of drug-likeness (QED) is 0.0500. The van der Waals surface area contributed by atoms with Gasteiger partial charge < -0.3 is 114 Å². The molecular weight excluding hydrogens is 1060 g/mol. The molecule has 4 saturated heterocycles. The molecule has 25 heteroatoms. The Kier molecular flexibility index (Phi) is 17.9. The van der Waals surface area contributed by atoms with Crippen LogP contribution in [0.1, 0.15) is 106 Å². The highest BCUT2D eigenvalue weighted by molar-refractivity contribution is 5.81. The Hall–Kier alpha value is -2.16. The second-order valence-electron chi connectivity index (χ2n) is 26.2. The highest BCUT2D eigenvalue weighted by Crippen LogP contribution is 2.76. The lowest BCUT2D eigenvalue weighted by molar-refractivity contribution is -0.385. The van der Waals surface area contributed by atoms with Crippen molar-refractivity contribution < 1.29 is 124 Å². The van der Waals surface area contributed by atoms with Crippen LogP contribution in [0.25, 0.3) is 0 Å². The first-order valence-corrected chi connectivity index (χ1v) is 28.4. The third-order valence-electron chi connectivity index (χ3n) is 21.9. The summed E-state index contributed by atoms with van der Waals surface area (Å²) in [5.74, 6) is -1.37. The standard InChI is InChI=1S/C55H88O25/c1-50(2)29-10-13-54(6)30(9-8-23-24-18-51(3,48(70)72-7)14-16-55(24,17-15-53(23,54)5)49(71)80-45-39(67)37(65)33(61)26(20-57)74-45)52(29,4)12-11-31(50)77-46-40(68)42(34(62)27(21-58)75-46)79-47-41(69)43(35(63)28(22-59)76-47)78-44-38(66)36(64)32(60)25(19-56)73-44/h8,24-47,56-69H,9-22H2,1-7H3/t24-,25+,26+,27+,28+,29-,30+,31-,32+,33+,34+,35-,36-,37-,38+,39+,40+,41+,42-,43-,44-,45-,46-,47-,51-,52-,53-,54+,55-/m0/s1. The maximum Gasteiger partial charge on any atom is 0.315 e. The fourth-order valence-corrected chi connectivity index (χ4v) is 16.8. The summed E-state index contributed by atoms with van der Waals surface area (Å²) in [5, 5.41) is 150. The number of esters is 2. The third-order valence-corrected chi connectivity index (χ3v) is 21.9. The molecule has 0 spiro atoms. The van der Waals surface area contributed by atoms with Crippen LogP contribution >= 0.6 is 0 Å². The average molecular weight is 1150 g/mol. The first-order valence-electron chi connectivity index (χ1n) is 28.4. The lowest BCUT2D eigenvalue weighted by Crippen LogP contribution is -2.67. The Labute approximate surface area is 464 Å². The van der Waals surface area contributed by atoms with Gasteiger partial charge in [0.2, 0.25) is 6.29 Å². The van der Waals surface area contributed by atoms with Crippen LogP contribution in [0.3, 0.4) is 0 Å². The number of hydrogen-bond acceptors (Lipinski definition) is 25. The number of ether oxygens (including phenoxy) is 9. The normalized spacial score (nSPS) is 53.0. The predicted molar refractivity (Wildman–Crippen MR) is 269 cm³/mol. The molecule has 0 aromatic heterocycles. The minimum Gasteiger partial charge on any atom is -0.469 e. The molecule has 9 rings (SSSR count). The highest BCUT2D eigenvalue weighted by Gasteiger charge is 2.71. The molecule has 458 valence electrons. The van der Waals surface area contributed by atoms with E-state index in [1.807, 2.05) is 6.92 Å². The summed E-state index contributed by atoms with van der Waals surface area (Å²) >= 11 is 0. The van der Waals surface area contributed by atoms with Gasteiger partial charge in [-0.05, 0) is 111 Å². The summed E-state index contributed by atoms with van der Waals surface area (Å²) in [4.78, 5) is 28.5. The van der Waals surface area contributed by atoms with Gasteiger partial charge in [0.25, 0.3) is 0 Å². The van der Waals surface area contributed by atoms with Gasteiger partial charge in [-0.15, -0.1) is 0 Å². The van der Waals surface area contributed by atoms with E-state index in [1.165, 1.54) is 7.11 Å². The van der Waals surface area contributed by atoms with E-state index in [4.69, 9.17) is 42.6 Å². The second kappa shape index (κ2) is 22.9. The lowest BCUT2D eigenvalue weighted by Gasteiger charge is -2.71. The van der Waals surface area contributed by atoms with Gasteiger partial charge in [-0.2, -0.15) is 0 Å². The number of methoxy groups -OCH3 is 1. The molecule has 0 aromatic rings. The maximum atomic E-state index is 14.9. The van der Waals surface area contributed by atoms with Gasteiger partial charge in [-0.25, -0.2) is 0 Å². The predicted octanol–water partition coefficient (Wildman–Crippen LogP) is -2.88. The fourth-order valence-electron chi connectivity index (χ4n) is 16.8. The van der Waals surface area contributed by atoms with Crippen molar-refractivity contribution in [3.63, 3.8) is 0 Å². The van der Waals surface area contributed by atoms with Crippen molar-refractivity contribution in [1.29, 1.82) is 0 Å². The largest absolute Gasteiger partial charge is 0.469 e. The van der Waals surface area contributed by atoms with Gasteiger partial charge in [0.05, 0.1) is 50.5 Å². The van der Waals surface area contributed by atoms with E-state index in [2.05, 4.69) is 40.7 Å². The second-order valence-corrected chi connectivity index (χ2v) is 26.2. The first kappa shape index (κ1) is 62.4. The van der Waals surface area contributed by atoms with Gasteiger partial charge in [-0.3, -0.25) is 9.59 Å². The van der Waals surface area contributed by atoms with E-state index in [1.54, 1.807) is 0 Å². The van der Waals surface area contributed by atoms with Crippen molar-refractivity contribution in [3.05, 3.63) is 11.6 Å². The zero-order valence-corrected chi connectivity index (χ0v) is 46.6. The van der Waals surface area contributed by atoms with Crippen molar-refractivity contribution in [2.75, 3.05) is 33.5 Å². The molecule has 29 atom stereocenters. The third kappa shape index (κ3) is 9.93. The Bertz CT molecular complexity index is 2240. The van der Waals surface area contributed by atoms with Crippen LogP contribution < -0.4 is 0 Å². The van der Waals surface area contributed by atoms with E-state index in [0.717, 1.165) is 18.4 Å². The Morgan fingerprint density at radius 2 is 1.00 bits per heavy atom. The van der Waals surface area contributed by atoms with Crippen LogP contribution in [0.2, 0.25) is 0 Å². The first-order chi connectivity index (χ1) is 37.6. The monoisotopic (exact) mass is 1150 g/mol. The van der Waals surface area contributed by atoms with E-state index < -0.39 is 195 Å². The molecule has 5 aliphatic carbocycles. The SMILES string of the molecule is COC(=O)[C@@]1(C)CC[C@]2(C(=O)O[C@@H]3O[C@H](CO)[C@@H](O)[C@H](O)[C@H]3O)CC[C@@]3(C)C(=CC[C@@H]4[C@@]5(C)CC[C@H](O[C@@H]6O[C@H](CO)[C@@H](O)[C@H](O[C@@H]7O[C@H](CO)[C@H](O)[C@H](O[C@@H]8O[C@H](CO)[C@@H](O)[C@H](O)[C@H]8O)[C@H]7O)[C@H]6O)C(C)(C)[C@@H]5CC[C@]43C)[C@@H]2C1. The van der Waals surface area contributed by atoms with Crippen LogP contribution in [0.5, 0.6) is 0 Å². The van der Waals surface area contributed by atoms with Crippen molar-refractivity contribution in [1.82, 2.24) is 0 Å². The van der Waals surface area contributed by atoms with Crippen molar-refractivity contribution in [2.24, 2.45) is 50.2 Å². The van der Waals surface area contributed by atoms with E-state index in [9.17, 15) is 81.1 Å². The van der Waals surface area contributed by atoms with Crippen LogP contribution in [-0.2, 0) is 52.2 Å². The van der Waals surface area contributed by atoms with Gasteiger partial charge in [-0.1, -0.05) is 46.3 Å². The summed E-state index contributed by atoms with van der Waals surface area (Å²) in [6, 6.07) is 0. The van der Waals surface area contributed by atoms with E-state index >= 15 is 0 Å². The molecule has 8 fully saturated rings. The summed E-state index contributed by atoms with van der Waals surface area (Å²) in [6.45, 7) is 9.92. The number of carbonyl (C=O) groups is 2. The van der Waals surface area contributed by atoms with E-state index in [0.29, 0.717) is 38.5 Å².